The van der Waals surface area contributed by atoms with Gasteiger partial charge in [-0.05, 0) is 70.6 Å². The molecule has 0 aromatic rings. The molecule has 12 nitrogen and oxygen atoms in total. The highest BCUT2D eigenvalue weighted by Crippen LogP contribution is 2.43. The van der Waals surface area contributed by atoms with Gasteiger partial charge >= 0.3 is 25.7 Å². The van der Waals surface area contributed by atoms with E-state index in [4.69, 9.17) is 24.8 Å². The average Bonchev–Trinajstić information content (AvgIpc) is 3.24. The maximum Gasteiger partial charge on any atom is 0.472 e. The van der Waals surface area contributed by atoms with Crippen LogP contribution in [0, 0.1) is 0 Å². The molecule has 0 radical (unpaired) electrons. The van der Waals surface area contributed by atoms with Gasteiger partial charge in [-0.2, -0.15) is 0 Å². The molecule has 0 aliphatic rings. The molecule has 0 spiro atoms. The maximum atomic E-state index is 12.7. The van der Waals surface area contributed by atoms with Crippen molar-refractivity contribution in [3.05, 3.63) is 72.9 Å². The van der Waals surface area contributed by atoms with Crippen molar-refractivity contribution in [3.8, 4) is 0 Å². The van der Waals surface area contributed by atoms with E-state index in [2.05, 4.69) is 47.9 Å². The number of phosphoric ester groups is 1. The number of rotatable bonds is 42. The SMILES string of the molecule is CCCCCCCC/C=C\CCCCCCCCCCCC(=O)O[C@H](COC(=O)CCC/C=C\C/C=C\C/C=C\C/C=C\C=C\[C@@H](O)CC)COP(=O)(O)OC[C@H](N)C(=O)O. The third-order valence-corrected chi connectivity index (χ3v) is 10.5. The van der Waals surface area contributed by atoms with Crippen molar-refractivity contribution in [1.29, 1.82) is 0 Å². The third-order valence-electron chi connectivity index (χ3n) is 9.60. The van der Waals surface area contributed by atoms with Crippen molar-refractivity contribution >= 4 is 25.7 Å². The summed E-state index contributed by atoms with van der Waals surface area (Å²) in [6.07, 6.45) is 47.8. The van der Waals surface area contributed by atoms with Crippen molar-refractivity contribution < 1.29 is 52.6 Å². The average molecular weight is 880 g/mol. The largest absolute Gasteiger partial charge is 0.480 e. The Kier molecular flexibility index (Phi) is 40.0. The van der Waals surface area contributed by atoms with Crippen molar-refractivity contribution in [2.24, 2.45) is 5.73 Å². The van der Waals surface area contributed by atoms with Gasteiger partial charge in [0.2, 0.25) is 0 Å². The number of carboxylic acid groups (broad SMARTS) is 1. The van der Waals surface area contributed by atoms with Crippen LogP contribution in [0.2, 0.25) is 0 Å². The molecule has 0 fully saturated rings. The van der Waals surface area contributed by atoms with E-state index < -0.39 is 57.2 Å². The van der Waals surface area contributed by atoms with Gasteiger partial charge in [0.1, 0.15) is 12.6 Å². The quantitative estimate of drug-likeness (QED) is 0.0149. The van der Waals surface area contributed by atoms with Crippen LogP contribution in [-0.4, -0.2) is 71.1 Å². The highest BCUT2D eigenvalue weighted by atomic mass is 31.2. The lowest BCUT2D eigenvalue weighted by Gasteiger charge is -2.20. The zero-order valence-corrected chi connectivity index (χ0v) is 38.5. The van der Waals surface area contributed by atoms with Gasteiger partial charge in [-0.3, -0.25) is 23.4 Å². The normalized spacial score (nSPS) is 14.8. The van der Waals surface area contributed by atoms with Gasteiger partial charge in [0, 0.05) is 12.8 Å². The van der Waals surface area contributed by atoms with Gasteiger partial charge in [-0.15, -0.1) is 0 Å². The fraction of sp³-hybridized carbons (Fsp3) is 0.688. The molecule has 0 aromatic carbocycles. The number of carbonyl (C=O) groups excluding carboxylic acids is 2. The number of allylic oxidation sites excluding steroid dienone is 11. The second-order valence-corrected chi connectivity index (χ2v) is 16.8. The van der Waals surface area contributed by atoms with E-state index in [1.165, 1.54) is 83.5 Å². The Morgan fingerprint density at radius 3 is 1.64 bits per heavy atom. The van der Waals surface area contributed by atoms with Crippen molar-refractivity contribution in [2.75, 3.05) is 19.8 Å². The van der Waals surface area contributed by atoms with Gasteiger partial charge in [-0.25, -0.2) is 4.57 Å². The molecule has 5 N–H and O–H groups in total. The molecular formula is C48H82NO11P. The Balaban J connectivity index is 4.43. The van der Waals surface area contributed by atoms with E-state index in [0.717, 1.165) is 38.5 Å². The van der Waals surface area contributed by atoms with Crippen LogP contribution >= 0.6 is 7.82 Å². The smallest absolute Gasteiger partial charge is 0.472 e. The van der Waals surface area contributed by atoms with Gasteiger partial charge < -0.3 is 30.3 Å². The van der Waals surface area contributed by atoms with Crippen LogP contribution in [0.25, 0.3) is 0 Å². The van der Waals surface area contributed by atoms with Crippen LogP contribution in [-0.2, 0) is 37.5 Å². The fourth-order valence-electron chi connectivity index (χ4n) is 5.81. The number of hydrogen-bond donors (Lipinski definition) is 4. The second-order valence-electron chi connectivity index (χ2n) is 15.4. The first-order chi connectivity index (χ1) is 29.5. The topological polar surface area (TPSA) is 192 Å². The number of carbonyl (C=O) groups is 3. The first-order valence-corrected chi connectivity index (χ1v) is 24.6. The summed E-state index contributed by atoms with van der Waals surface area (Å²) in [5.41, 5.74) is 5.33. The Labute approximate surface area is 368 Å². The molecular weight excluding hydrogens is 797 g/mol. The summed E-state index contributed by atoms with van der Waals surface area (Å²) >= 11 is 0. The lowest BCUT2D eigenvalue weighted by molar-refractivity contribution is -0.161. The van der Waals surface area contributed by atoms with Crippen LogP contribution in [0.4, 0.5) is 0 Å². The number of ether oxygens (including phenoxy) is 2. The van der Waals surface area contributed by atoms with Crippen LogP contribution < -0.4 is 5.73 Å². The summed E-state index contributed by atoms with van der Waals surface area (Å²) in [5, 5.41) is 18.4. The zero-order chi connectivity index (χ0) is 45.1. The van der Waals surface area contributed by atoms with Crippen LogP contribution in [0.15, 0.2) is 72.9 Å². The molecule has 0 aliphatic heterocycles. The van der Waals surface area contributed by atoms with E-state index in [-0.39, 0.29) is 19.4 Å². The molecule has 4 atom stereocenters. The monoisotopic (exact) mass is 880 g/mol. The Morgan fingerprint density at radius 2 is 1.07 bits per heavy atom. The standard InChI is InChI=1S/C48H82NO11P/c1-3-5-6-7-8-9-10-11-12-13-14-15-16-21-24-27-30-33-36-39-47(52)60-44(41-58-61(55,56)59-42-45(49)48(53)54)40-57-46(51)38-35-32-29-26-23-20-18-17-19-22-25-28-31-34-37-43(50)4-2/h11-12,18-20,22,26,28-29,31,34,37,43-45,50H,3-10,13-17,21,23-25,27,30,32-33,35-36,38-42,49H2,1-2H3,(H,53,54)(H,55,56)/b12-11-,20-18-,22-19-,29-26-,31-28-,37-34+/t43-,44+,45-/m0/s1. The summed E-state index contributed by atoms with van der Waals surface area (Å²) in [6.45, 7) is 2.40. The molecule has 0 heterocycles. The fourth-order valence-corrected chi connectivity index (χ4v) is 6.59. The van der Waals surface area contributed by atoms with Crippen molar-refractivity contribution in [2.45, 2.75) is 193 Å². The summed E-state index contributed by atoms with van der Waals surface area (Å²) in [5.74, 6) is -2.48. The van der Waals surface area contributed by atoms with Crippen LogP contribution in [0.3, 0.4) is 0 Å². The number of hydrogen-bond acceptors (Lipinski definition) is 10. The lowest BCUT2D eigenvalue weighted by atomic mass is 10.1. The number of nitrogens with two attached hydrogens (primary N) is 1. The van der Waals surface area contributed by atoms with E-state index in [0.29, 0.717) is 25.7 Å². The molecule has 0 aromatic heterocycles. The number of aliphatic hydroxyl groups is 1. The minimum absolute atomic E-state index is 0.126. The predicted octanol–water partition coefficient (Wildman–Crippen LogP) is 11.5. The zero-order valence-electron chi connectivity index (χ0n) is 37.6. The second kappa shape index (κ2) is 42.2. The first-order valence-electron chi connectivity index (χ1n) is 23.1. The summed E-state index contributed by atoms with van der Waals surface area (Å²) < 4.78 is 32.7. The molecule has 0 saturated carbocycles. The maximum absolute atomic E-state index is 12.7. The molecule has 0 amide bonds. The van der Waals surface area contributed by atoms with E-state index in [1.54, 1.807) is 6.08 Å². The van der Waals surface area contributed by atoms with E-state index in [9.17, 15) is 28.9 Å². The number of carboxylic acids is 1. The molecule has 350 valence electrons. The number of phosphoric acid groups is 1. The Morgan fingerprint density at radius 1 is 0.590 bits per heavy atom. The van der Waals surface area contributed by atoms with Gasteiger partial charge in [0.05, 0.1) is 19.3 Å². The van der Waals surface area contributed by atoms with Crippen molar-refractivity contribution in [3.63, 3.8) is 0 Å². The molecule has 0 aliphatic carbocycles. The third kappa shape index (κ3) is 42.0. The van der Waals surface area contributed by atoms with Crippen molar-refractivity contribution in [1.82, 2.24) is 0 Å². The van der Waals surface area contributed by atoms with E-state index in [1.807, 2.05) is 37.3 Å². The highest BCUT2D eigenvalue weighted by molar-refractivity contribution is 7.47. The summed E-state index contributed by atoms with van der Waals surface area (Å²) in [7, 11) is -4.74. The Hall–Kier alpha value is -3.12. The summed E-state index contributed by atoms with van der Waals surface area (Å²) in [6, 6.07) is -1.54. The number of aliphatic hydroxyl groups excluding tert-OH is 1. The van der Waals surface area contributed by atoms with Gasteiger partial charge in [0.15, 0.2) is 6.10 Å². The van der Waals surface area contributed by atoms with Crippen LogP contribution in [0.1, 0.15) is 174 Å². The van der Waals surface area contributed by atoms with Gasteiger partial charge in [-0.1, -0.05) is 164 Å². The van der Waals surface area contributed by atoms with E-state index >= 15 is 0 Å². The minimum Gasteiger partial charge on any atom is -0.480 e. The predicted molar refractivity (Wildman–Crippen MR) is 246 cm³/mol. The number of aliphatic carboxylic acids is 1. The summed E-state index contributed by atoms with van der Waals surface area (Å²) in [4.78, 5) is 46.0. The molecule has 61 heavy (non-hydrogen) atoms. The van der Waals surface area contributed by atoms with Crippen LogP contribution in [0.5, 0.6) is 0 Å². The number of esters is 2. The lowest BCUT2D eigenvalue weighted by Crippen LogP contribution is -2.34. The Bertz CT molecular complexity index is 1330. The molecule has 13 heteroatoms. The van der Waals surface area contributed by atoms with Gasteiger partial charge in [0.25, 0.3) is 0 Å². The number of unbranched alkanes of at least 4 members (excludes halogenated alkanes) is 16. The molecule has 0 saturated heterocycles. The minimum atomic E-state index is -4.74. The molecule has 0 rings (SSSR count). The first kappa shape index (κ1) is 57.9. The molecule has 1 unspecified atom stereocenters. The highest BCUT2D eigenvalue weighted by Gasteiger charge is 2.28. The molecule has 0 bridgehead atoms.